The van der Waals surface area contributed by atoms with E-state index >= 15 is 0 Å². The quantitative estimate of drug-likeness (QED) is 0.205. The van der Waals surface area contributed by atoms with Gasteiger partial charge in [0.05, 0.1) is 23.3 Å². The van der Waals surface area contributed by atoms with E-state index in [2.05, 4.69) is 105 Å². The highest BCUT2D eigenvalue weighted by atomic mass is 16.3. The van der Waals surface area contributed by atoms with E-state index in [1.807, 2.05) is 67.0 Å². The number of pyridine rings is 3. The molecule has 5 heteroatoms. The molecule has 0 aliphatic rings. The van der Waals surface area contributed by atoms with Crippen molar-refractivity contribution in [1.29, 1.82) is 0 Å². The van der Waals surface area contributed by atoms with Gasteiger partial charge in [0, 0.05) is 29.2 Å². The Bertz CT molecular complexity index is 1900. The first-order chi connectivity index (χ1) is 22.0. The minimum Gasteiger partial charge on any atom is -0.507 e. The zero-order chi connectivity index (χ0) is 32.5. The third kappa shape index (κ3) is 6.54. The molecule has 0 aliphatic carbocycles. The summed E-state index contributed by atoms with van der Waals surface area (Å²) in [5, 5.41) is 10.9. The number of hydrogen-bond acceptors (Lipinski definition) is 5. The van der Waals surface area contributed by atoms with Gasteiger partial charge in [-0.3, -0.25) is 9.88 Å². The number of nitrogens with zero attached hydrogens (tertiary/aromatic N) is 4. The highest BCUT2D eigenvalue weighted by Gasteiger charge is 2.22. The second-order valence-electron chi connectivity index (χ2n) is 13.7. The Kier molecular flexibility index (Phi) is 8.18. The standard InChI is InChI=1S/C41H40N4O/c1-40(2,3)31-20-28(21-32(25-31)41(4,5)6)29-23-36(44-37(24-29)35-16-10-11-17-38(35)46)30-22-34(27-42-26-30)45(33-14-8-7-9-15-33)39-18-12-13-19-43-39/h7-27,46H,1-6H3. The summed E-state index contributed by atoms with van der Waals surface area (Å²) in [6.07, 6.45) is 5.49. The van der Waals surface area contributed by atoms with Gasteiger partial charge in [0.25, 0.3) is 0 Å². The molecule has 1 N–H and O–H groups in total. The van der Waals surface area contributed by atoms with Crippen LogP contribution in [0.15, 0.2) is 128 Å². The van der Waals surface area contributed by atoms with E-state index in [-0.39, 0.29) is 16.6 Å². The average Bonchev–Trinajstić information content (AvgIpc) is 3.05. The lowest BCUT2D eigenvalue weighted by Gasteiger charge is -2.26. The summed E-state index contributed by atoms with van der Waals surface area (Å²) >= 11 is 0. The summed E-state index contributed by atoms with van der Waals surface area (Å²) in [4.78, 5) is 16.6. The van der Waals surface area contributed by atoms with Gasteiger partial charge in [-0.25, -0.2) is 9.97 Å². The van der Waals surface area contributed by atoms with Crippen LogP contribution in [0.5, 0.6) is 5.75 Å². The molecule has 0 atom stereocenters. The summed E-state index contributed by atoms with van der Waals surface area (Å²) < 4.78 is 0. The van der Waals surface area contributed by atoms with E-state index in [1.165, 1.54) is 11.1 Å². The number of aromatic hydroxyl groups is 1. The fourth-order valence-corrected chi connectivity index (χ4v) is 5.50. The van der Waals surface area contributed by atoms with Crippen molar-refractivity contribution in [2.45, 2.75) is 52.4 Å². The Labute approximate surface area is 272 Å². The van der Waals surface area contributed by atoms with Crippen molar-refractivity contribution in [1.82, 2.24) is 15.0 Å². The van der Waals surface area contributed by atoms with Gasteiger partial charge in [-0.15, -0.1) is 0 Å². The lowest BCUT2D eigenvalue weighted by molar-refractivity contribution is 0.477. The minimum absolute atomic E-state index is 0.0307. The Morgan fingerprint density at radius 2 is 1.20 bits per heavy atom. The number of benzene rings is 3. The van der Waals surface area contributed by atoms with Crippen LogP contribution in [0.2, 0.25) is 0 Å². The topological polar surface area (TPSA) is 62.1 Å². The summed E-state index contributed by atoms with van der Waals surface area (Å²) in [5.41, 5.74) is 9.45. The van der Waals surface area contributed by atoms with Crippen LogP contribution in [-0.2, 0) is 10.8 Å². The molecule has 0 bridgehead atoms. The third-order valence-electron chi connectivity index (χ3n) is 8.17. The van der Waals surface area contributed by atoms with Crippen molar-refractivity contribution in [2.75, 3.05) is 4.90 Å². The van der Waals surface area contributed by atoms with Gasteiger partial charge in [0.1, 0.15) is 11.6 Å². The molecule has 0 amide bonds. The molecule has 3 aromatic carbocycles. The van der Waals surface area contributed by atoms with Gasteiger partial charge < -0.3 is 5.11 Å². The highest BCUT2D eigenvalue weighted by molar-refractivity contribution is 5.81. The van der Waals surface area contributed by atoms with Crippen LogP contribution >= 0.6 is 0 Å². The molecule has 0 fully saturated rings. The summed E-state index contributed by atoms with van der Waals surface area (Å²) in [6, 6.07) is 36.6. The zero-order valence-corrected chi connectivity index (χ0v) is 27.4. The smallest absolute Gasteiger partial charge is 0.137 e. The number of anilines is 3. The van der Waals surface area contributed by atoms with Crippen molar-refractivity contribution in [3.05, 3.63) is 139 Å². The molecule has 6 rings (SSSR count). The molecule has 230 valence electrons. The molecule has 6 aromatic rings. The van der Waals surface area contributed by atoms with Crippen LogP contribution in [0.4, 0.5) is 17.2 Å². The maximum absolute atomic E-state index is 10.9. The molecule has 3 aromatic heterocycles. The number of hydrogen-bond donors (Lipinski definition) is 1. The van der Waals surface area contributed by atoms with E-state index in [0.717, 1.165) is 39.6 Å². The molecule has 0 radical (unpaired) electrons. The number of para-hydroxylation sites is 2. The summed E-state index contributed by atoms with van der Waals surface area (Å²) in [6.45, 7) is 13.5. The highest BCUT2D eigenvalue weighted by Crippen LogP contribution is 2.39. The second-order valence-corrected chi connectivity index (χ2v) is 13.7. The fourth-order valence-electron chi connectivity index (χ4n) is 5.50. The first kappa shape index (κ1) is 30.7. The lowest BCUT2D eigenvalue weighted by atomic mass is 9.79. The number of phenolic OH excluding ortho intramolecular Hbond substituents is 1. The van der Waals surface area contributed by atoms with Crippen molar-refractivity contribution in [3.63, 3.8) is 0 Å². The number of aromatic nitrogens is 3. The van der Waals surface area contributed by atoms with Crippen molar-refractivity contribution < 1.29 is 5.11 Å². The summed E-state index contributed by atoms with van der Waals surface area (Å²) in [5.74, 6) is 0.979. The van der Waals surface area contributed by atoms with E-state index in [4.69, 9.17) is 4.98 Å². The maximum Gasteiger partial charge on any atom is 0.137 e. The van der Waals surface area contributed by atoms with E-state index in [9.17, 15) is 5.11 Å². The normalized spacial score (nSPS) is 11.8. The molecule has 46 heavy (non-hydrogen) atoms. The third-order valence-corrected chi connectivity index (χ3v) is 8.17. The largest absolute Gasteiger partial charge is 0.507 e. The van der Waals surface area contributed by atoms with Crippen LogP contribution < -0.4 is 4.90 Å². The zero-order valence-electron chi connectivity index (χ0n) is 27.4. The molecule has 3 heterocycles. The minimum atomic E-state index is -0.0307. The van der Waals surface area contributed by atoms with Crippen LogP contribution in [0, 0.1) is 0 Å². The van der Waals surface area contributed by atoms with Gasteiger partial charge in [-0.1, -0.05) is 96.1 Å². The molecule has 0 spiro atoms. The molecule has 0 saturated heterocycles. The van der Waals surface area contributed by atoms with Crippen LogP contribution in [-0.4, -0.2) is 20.1 Å². The lowest BCUT2D eigenvalue weighted by Crippen LogP contribution is -2.16. The van der Waals surface area contributed by atoms with Gasteiger partial charge in [0.15, 0.2) is 0 Å². The average molecular weight is 605 g/mol. The molecule has 5 nitrogen and oxygen atoms in total. The molecule has 0 aliphatic heterocycles. The van der Waals surface area contributed by atoms with Gasteiger partial charge in [-0.2, -0.15) is 0 Å². The van der Waals surface area contributed by atoms with Crippen molar-refractivity contribution >= 4 is 17.2 Å². The maximum atomic E-state index is 10.9. The predicted octanol–water partition coefficient (Wildman–Crippen LogP) is 10.6. The Hall–Kier alpha value is -5.29. The SMILES string of the molecule is CC(C)(C)c1cc(-c2cc(-c3cncc(N(c4ccccc4)c4ccccn4)c3)nc(-c3ccccc3O)c2)cc(C(C)(C)C)c1. The van der Waals surface area contributed by atoms with E-state index in [0.29, 0.717) is 11.3 Å². The fraction of sp³-hybridized carbons (Fsp3) is 0.195. The Balaban J connectivity index is 1.56. The predicted molar refractivity (Wildman–Crippen MR) is 190 cm³/mol. The van der Waals surface area contributed by atoms with E-state index < -0.39 is 0 Å². The van der Waals surface area contributed by atoms with Crippen LogP contribution in [0.3, 0.4) is 0 Å². The van der Waals surface area contributed by atoms with Gasteiger partial charge in [0.2, 0.25) is 0 Å². The van der Waals surface area contributed by atoms with Crippen molar-refractivity contribution in [3.8, 4) is 39.4 Å². The second kappa shape index (κ2) is 12.2. The first-order valence-corrected chi connectivity index (χ1v) is 15.7. The van der Waals surface area contributed by atoms with Gasteiger partial charge >= 0.3 is 0 Å². The molecule has 0 saturated carbocycles. The molecule has 0 unspecified atom stereocenters. The van der Waals surface area contributed by atoms with Gasteiger partial charge in [-0.05, 0) is 87.7 Å². The molecular weight excluding hydrogens is 564 g/mol. The van der Waals surface area contributed by atoms with Crippen LogP contribution in [0.25, 0.3) is 33.6 Å². The first-order valence-electron chi connectivity index (χ1n) is 15.7. The molecular formula is C41H40N4O. The summed E-state index contributed by atoms with van der Waals surface area (Å²) in [7, 11) is 0. The number of rotatable bonds is 6. The van der Waals surface area contributed by atoms with E-state index in [1.54, 1.807) is 12.3 Å². The Morgan fingerprint density at radius 1 is 0.565 bits per heavy atom. The van der Waals surface area contributed by atoms with Crippen molar-refractivity contribution in [2.24, 2.45) is 0 Å². The Morgan fingerprint density at radius 3 is 1.85 bits per heavy atom. The monoisotopic (exact) mass is 604 g/mol. The number of phenols is 1. The van der Waals surface area contributed by atoms with Crippen LogP contribution in [0.1, 0.15) is 52.7 Å².